The largest absolute Gasteiger partial charge is 0.497 e. The molecule has 0 amide bonds. The Bertz CT molecular complexity index is 685. The molecule has 0 heterocycles. The molecule has 21 heavy (non-hydrogen) atoms. The zero-order valence-corrected chi connectivity index (χ0v) is 11.5. The standard InChI is InChI=1S/C14H10ClF4NO/c1-21-8-2-3-9(12(16)6-8)7-4-10(14(17,18)19)13(20)11(15)5-7/h2-6H,20H2,1H3. The monoisotopic (exact) mass is 319 g/mol. The van der Waals surface area contributed by atoms with E-state index in [-0.39, 0.29) is 21.9 Å². The van der Waals surface area contributed by atoms with Crippen LogP contribution in [0.15, 0.2) is 30.3 Å². The van der Waals surface area contributed by atoms with Crippen LogP contribution in [0.4, 0.5) is 23.2 Å². The third-order valence-electron chi connectivity index (χ3n) is 2.92. The maximum atomic E-state index is 13.9. The summed E-state index contributed by atoms with van der Waals surface area (Å²) in [4.78, 5) is 0. The predicted octanol–water partition coefficient (Wildman–Crippen LogP) is 4.76. The third-order valence-corrected chi connectivity index (χ3v) is 3.23. The Labute approximate surface area is 123 Å². The molecule has 0 atom stereocenters. The number of anilines is 1. The van der Waals surface area contributed by atoms with Crippen molar-refractivity contribution in [2.75, 3.05) is 12.8 Å². The highest BCUT2D eigenvalue weighted by atomic mass is 35.5. The Hall–Kier alpha value is -1.95. The van der Waals surface area contributed by atoms with E-state index in [1.54, 1.807) is 0 Å². The number of halogens is 5. The molecule has 112 valence electrons. The molecule has 0 aliphatic carbocycles. The highest BCUT2D eigenvalue weighted by Gasteiger charge is 2.34. The first-order valence-electron chi connectivity index (χ1n) is 5.74. The number of nitrogens with two attached hydrogens (primary N) is 1. The van der Waals surface area contributed by atoms with Gasteiger partial charge in [0.2, 0.25) is 0 Å². The molecule has 7 heteroatoms. The highest BCUT2D eigenvalue weighted by Crippen LogP contribution is 2.40. The van der Waals surface area contributed by atoms with Gasteiger partial charge in [0.1, 0.15) is 11.6 Å². The van der Waals surface area contributed by atoms with Gasteiger partial charge in [-0.1, -0.05) is 11.6 Å². The summed E-state index contributed by atoms with van der Waals surface area (Å²) in [6.07, 6.45) is -4.67. The molecule has 2 N–H and O–H groups in total. The second-order valence-corrected chi connectivity index (χ2v) is 4.67. The van der Waals surface area contributed by atoms with Gasteiger partial charge in [0.25, 0.3) is 0 Å². The molecule has 0 aliphatic rings. The molecular formula is C14H10ClF4NO. The maximum Gasteiger partial charge on any atom is 0.418 e. The van der Waals surface area contributed by atoms with E-state index in [0.717, 1.165) is 12.1 Å². The van der Waals surface area contributed by atoms with Crippen molar-refractivity contribution in [3.63, 3.8) is 0 Å². The summed E-state index contributed by atoms with van der Waals surface area (Å²) in [6, 6.07) is 5.79. The van der Waals surface area contributed by atoms with E-state index in [9.17, 15) is 17.6 Å². The summed E-state index contributed by atoms with van der Waals surface area (Å²) in [5.41, 5.74) is 3.62. The van der Waals surface area contributed by atoms with Crippen molar-refractivity contribution in [3.8, 4) is 16.9 Å². The number of methoxy groups -OCH3 is 1. The van der Waals surface area contributed by atoms with Crippen molar-refractivity contribution < 1.29 is 22.3 Å². The maximum absolute atomic E-state index is 13.9. The van der Waals surface area contributed by atoms with Gasteiger partial charge in [-0.3, -0.25) is 0 Å². The molecule has 0 saturated carbocycles. The fraction of sp³-hybridized carbons (Fsp3) is 0.143. The van der Waals surface area contributed by atoms with E-state index in [0.29, 0.717) is 0 Å². The van der Waals surface area contributed by atoms with Crippen LogP contribution in [-0.4, -0.2) is 7.11 Å². The van der Waals surface area contributed by atoms with Gasteiger partial charge >= 0.3 is 6.18 Å². The quantitative estimate of drug-likeness (QED) is 0.640. The number of hydrogen-bond donors (Lipinski definition) is 1. The van der Waals surface area contributed by atoms with Gasteiger partial charge < -0.3 is 10.5 Å². The average Bonchev–Trinajstić information content (AvgIpc) is 2.40. The van der Waals surface area contributed by atoms with Gasteiger partial charge in [-0.05, 0) is 29.8 Å². The molecule has 2 rings (SSSR count). The summed E-state index contributed by atoms with van der Waals surface area (Å²) >= 11 is 5.71. The lowest BCUT2D eigenvalue weighted by atomic mass is 10.0. The summed E-state index contributed by atoms with van der Waals surface area (Å²) < 4.78 is 57.5. The Kier molecular flexibility index (Phi) is 4.00. The fourth-order valence-corrected chi connectivity index (χ4v) is 2.08. The van der Waals surface area contributed by atoms with Crippen LogP contribution in [0.3, 0.4) is 0 Å². The molecule has 0 bridgehead atoms. The van der Waals surface area contributed by atoms with Crippen molar-refractivity contribution in [1.29, 1.82) is 0 Å². The molecule has 0 aromatic heterocycles. The van der Waals surface area contributed by atoms with E-state index in [1.807, 2.05) is 0 Å². The van der Waals surface area contributed by atoms with Crippen molar-refractivity contribution in [3.05, 3.63) is 46.7 Å². The van der Waals surface area contributed by atoms with E-state index in [2.05, 4.69) is 0 Å². The second-order valence-electron chi connectivity index (χ2n) is 4.26. The van der Waals surface area contributed by atoms with Gasteiger partial charge in [0.05, 0.1) is 23.4 Å². The Morgan fingerprint density at radius 1 is 1.14 bits per heavy atom. The molecule has 0 unspecified atom stereocenters. The minimum Gasteiger partial charge on any atom is -0.497 e. The van der Waals surface area contributed by atoms with Gasteiger partial charge in [0.15, 0.2) is 0 Å². The molecule has 0 spiro atoms. The average molecular weight is 320 g/mol. The van der Waals surface area contributed by atoms with Crippen molar-refractivity contribution in [1.82, 2.24) is 0 Å². The van der Waals surface area contributed by atoms with Crippen molar-refractivity contribution in [2.24, 2.45) is 0 Å². The summed E-state index contributed by atoms with van der Waals surface area (Å²) in [5.74, 6) is -0.461. The van der Waals surface area contributed by atoms with Gasteiger partial charge in [-0.25, -0.2) is 4.39 Å². The van der Waals surface area contributed by atoms with Crippen molar-refractivity contribution >= 4 is 17.3 Å². The predicted molar refractivity (Wildman–Crippen MR) is 72.8 cm³/mol. The van der Waals surface area contributed by atoms with Crippen LogP contribution >= 0.6 is 11.6 Å². The van der Waals surface area contributed by atoms with Crippen LogP contribution in [-0.2, 0) is 6.18 Å². The molecule has 0 radical (unpaired) electrons. The zero-order chi connectivity index (χ0) is 15.8. The molecule has 0 saturated heterocycles. The number of alkyl halides is 3. The normalized spacial score (nSPS) is 11.5. The van der Waals surface area contributed by atoms with E-state index in [4.69, 9.17) is 22.1 Å². The summed E-state index contributed by atoms with van der Waals surface area (Å²) in [5, 5.41) is -0.282. The lowest BCUT2D eigenvalue weighted by Gasteiger charge is -2.14. The third kappa shape index (κ3) is 3.05. The highest BCUT2D eigenvalue weighted by molar-refractivity contribution is 6.33. The minimum absolute atomic E-state index is 0.0123. The Balaban J connectivity index is 2.63. The number of hydrogen-bond acceptors (Lipinski definition) is 2. The van der Waals surface area contributed by atoms with Gasteiger partial charge in [-0.15, -0.1) is 0 Å². The molecule has 0 aliphatic heterocycles. The first-order valence-corrected chi connectivity index (χ1v) is 6.12. The van der Waals surface area contributed by atoms with Gasteiger partial charge in [-0.2, -0.15) is 13.2 Å². The molecule has 2 aromatic rings. The van der Waals surface area contributed by atoms with E-state index >= 15 is 0 Å². The second kappa shape index (κ2) is 5.44. The Morgan fingerprint density at radius 3 is 2.33 bits per heavy atom. The zero-order valence-electron chi connectivity index (χ0n) is 10.8. The summed E-state index contributed by atoms with van der Waals surface area (Å²) in [6.45, 7) is 0. The number of rotatable bonds is 2. The summed E-state index contributed by atoms with van der Waals surface area (Å²) in [7, 11) is 1.36. The van der Waals surface area contributed by atoms with E-state index in [1.165, 1.54) is 25.3 Å². The van der Waals surface area contributed by atoms with Crippen LogP contribution in [0.1, 0.15) is 5.56 Å². The lowest BCUT2D eigenvalue weighted by molar-refractivity contribution is -0.136. The molecule has 0 fully saturated rings. The van der Waals surface area contributed by atoms with Gasteiger partial charge in [0, 0.05) is 11.6 Å². The molecule has 2 nitrogen and oxygen atoms in total. The van der Waals surface area contributed by atoms with Crippen LogP contribution in [0.5, 0.6) is 5.75 Å². The minimum atomic E-state index is -4.67. The van der Waals surface area contributed by atoms with Crippen LogP contribution < -0.4 is 10.5 Å². The van der Waals surface area contributed by atoms with Crippen molar-refractivity contribution in [2.45, 2.75) is 6.18 Å². The van der Waals surface area contributed by atoms with Crippen LogP contribution in [0.2, 0.25) is 5.02 Å². The first-order chi connectivity index (χ1) is 9.74. The SMILES string of the molecule is COc1ccc(-c2cc(Cl)c(N)c(C(F)(F)F)c2)c(F)c1. The smallest absolute Gasteiger partial charge is 0.418 e. The van der Waals surface area contributed by atoms with Crippen LogP contribution in [0.25, 0.3) is 11.1 Å². The lowest BCUT2D eigenvalue weighted by Crippen LogP contribution is -2.09. The molecule has 2 aromatic carbocycles. The molecular weight excluding hydrogens is 310 g/mol. The fourth-order valence-electron chi connectivity index (χ4n) is 1.86. The number of benzene rings is 2. The van der Waals surface area contributed by atoms with E-state index < -0.39 is 23.2 Å². The van der Waals surface area contributed by atoms with Crippen LogP contribution in [0, 0.1) is 5.82 Å². The topological polar surface area (TPSA) is 35.2 Å². The first kappa shape index (κ1) is 15.4. The number of nitrogen functional groups attached to an aromatic ring is 1. The number of ether oxygens (including phenoxy) is 1. The Morgan fingerprint density at radius 2 is 1.81 bits per heavy atom.